The lowest BCUT2D eigenvalue weighted by Crippen LogP contribution is -2.58. The lowest BCUT2D eigenvalue weighted by Gasteiger charge is -2.39. The molecule has 2 aliphatic rings. The van der Waals surface area contributed by atoms with Gasteiger partial charge in [0.25, 0.3) is 5.91 Å². The summed E-state index contributed by atoms with van der Waals surface area (Å²) in [6, 6.07) is 8.28. The molecule has 1 aliphatic carbocycles. The van der Waals surface area contributed by atoms with Crippen LogP contribution in [0.5, 0.6) is 0 Å². The SMILES string of the molecule is CN(C)CCNC(=O)C1=CC(NC2CCOCC2)C(C(N)=O)(c2[nH]nc3ccc(Cc4cc(F)cc(F)c4)cc23)C=C1. The molecule has 2 aromatic carbocycles. The number of nitrogens with two attached hydrogens (primary N) is 1. The van der Waals surface area contributed by atoms with Crippen molar-refractivity contribution in [2.45, 2.75) is 36.8 Å². The third-order valence-corrected chi connectivity index (χ3v) is 7.88. The first-order valence-electron chi connectivity index (χ1n) is 14.1. The Kier molecular flexibility index (Phi) is 8.81. The van der Waals surface area contributed by atoms with Crippen molar-refractivity contribution in [2.75, 3.05) is 40.4 Å². The molecule has 0 radical (unpaired) electrons. The monoisotopic (exact) mass is 578 g/mol. The zero-order valence-corrected chi connectivity index (χ0v) is 23.8. The molecule has 222 valence electrons. The summed E-state index contributed by atoms with van der Waals surface area (Å²) < 4.78 is 33.2. The Balaban J connectivity index is 1.53. The molecule has 0 spiro atoms. The number of nitrogens with one attached hydrogen (secondary N) is 3. The number of carbonyl (C=O) groups excluding carboxylic acids is 2. The first-order chi connectivity index (χ1) is 20.2. The van der Waals surface area contributed by atoms with Crippen molar-refractivity contribution in [3.05, 3.63) is 88.7 Å². The summed E-state index contributed by atoms with van der Waals surface area (Å²) in [5.41, 5.74) is 7.55. The molecular weight excluding hydrogens is 542 g/mol. The molecule has 42 heavy (non-hydrogen) atoms. The number of H-pyrrole nitrogens is 1. The summed E-state index contributed by atoms with van der Waals surface area (Å²) >= 11 is 0. The minimum absolute atomic E-state index is 0.0379. The summed E-state index contributed by atoms with van der Waals surface area (Å²) in [4.78, 5) is 28.5. The van der Waals surface area contributed by atoms with Gasteiger partial charge in [0.2, 0.25) is 5.91 Å². The third kappa shape index (κ3) is 6.28. The van der Waals surface area contributed by atoms with Crippen molar-refractivity contribution in [1.82, 2.24) is 25.7 Å². The average Bonchev–Trinajstić information content (AvgIpc) is 3.36. The number of halogens is 2. The van der Waals surface area contributed by atoms with E-state index in [1.165, 1.54) is 12.1 Å². The van der Waals surface area contributed by atoms with Gasteiger partial charge in [0.1, 0.15) is 17.0 Å². The molecule has 1 aliphatic heterocycles. The number of benzene rings is 2. The maximum atomic E-state index is 13.8. The molecule has 2 atom stereocenters. The van der Waals surface area contributed by atoms with E-state index < -0.39 is 29.0 Å². The van der Waals surface area contributed by atoms with Crippen LogP contribution >= 0.6 is 0 Å². The van der Waals surface area contributed by atoms with E-state index in [0.717, 1.165) is 24.5 Å². The van der Waals surface area contributed by atoms with Crippen LogP contribution in [-0.4, -0.2) is 79.4 Å². The van der Waals surface area contributed by atoms with E-state index in [9.17, 15) is 18.4 Å². The lowest BCUT2D eigenvalue weighted by molar-refractivity contribution is -0.123. The highest BCUT2D eigenvalue weighted by Crippen LogP contribution is 2.38. The Bertz CT molecular complexity index is 1510. The van der Waals surface area contributed by atoms with E-state index in [-0.39, 0.29) is 18.4 Å². The van der Waals surface area contributed by atoms with Crippen molar-refractivity contribution in [2.24, 2.45) is 5.73 Å². The number of ether oxygens (including phenoxy) is 1. The number of primary amides is 1. The Morgan fingerprint density at radius 1 is 1.12 bits per heavy atom. The number of rotatable bonds is 10. The minimum atomic E-state index is -1.40. The topological polar surface area (TPSA) is 125 Å². The van der Waals surface area contributed by atoms with Gasteiger partial charge in [-0.05, 0) is 68.8 Å². The molecule has 1 aromatic heterocycles. The Morgan fingerprint density at radius 2 is 1.86 bits per heavy atom. The number of nitrogens with zero attached hydrogens (tertiary/aromatic N) is 2. The van der Waals surface area contributed by atoms with Crippen LogP contribution in [0.15, 0.2) is 60.2 Å². The number of hydrogen-bond acceptors (Lipinski definition) is 6. The van der Waals surface area contributed by atoms with Crippen molar-refractivity contribution in [3.8, 4) is 0 Å². The fourth-order valence-electron chi connectivity index (χ4n) is 5.66. The molecule has 2 amide bonds. The predicted octanol–water partition coefficient (Wildman–Crippen LogP) is 2.47. The molecule has 2 heterocycles. The maximum Gasteiger partial charge on any atom is 0.251 e. The molecule has 11 heteroatoms. The van der Waals surface area contributed by atoms with E-state index >= 15 is 0 Å². The van der Waals surface area contributed by atoms with Gasteiger partial charge < -0.3 is 26.0 Å². The zero-order valence-electron chi connectivity index (χ0n) is 23.8. The largest absolute Gasteiger partial charge is 0.381 e. The van der Waals surface area contributed by atoms with Gasteiger partial charge in [0.05, 0.1) is 17.3 Å². The van der Waals surface area contributed by atoms with Crippen LogP contribution in [0.1, 0.15) is 29.7 Å². The molecular formula is C31H36F2N6O3. The number of likely N-dealkylation sites (N-methyl/N-ethyl adjacent to an activating group) is 1. The summed E-state index contributed by atoms with van der Waals surface area (Å²) in [6.07, 6.45) is 6.82. The van der Waals surface area contributed by atoms with Crippen LogP contribution in [-0.2, 0) is 26.2 Å². The second-order valence-electron chi connectivity index (χ2n) is 11.2. The summed E-state index contributed by atoms with van der Waals surface area (Å²) in [5, 5.41) is 14.7. The molecule has 1 saturated heterocycles. The molecule has 5 rings (SSSR count). The van der Waals surface area contributed by atoms with Crippen LogP contribution in [0, 0.1) is 11.6 Å². The summed E-state index contributed by atoms with van der Waals surface area (Å²) in [7, 11) is 3.86. The molecule has 5 N–H and O–H groups in total. The average molecular weight is 579 g/mol. The highest BCUT2D eigenvalue weighted by molar-refractivity contribution is 6.01. The van der Waals surface area contributed by atoms with Crippen LogP contribution in [0.2, 0.25) is 0 Å². The summed E-state index contributed by atoms with van der Waals surface area (Å²) in [5.74, 6) is -2.16. The van der Waals surface area contributed by atoms with Crippen molar-refractivity contribution in [1.29, 1.82) is 0 Å². The van der Waals surface area contributed by atoms with Crippen LogP contribution in [0.4, 0.5) is 8.78 Å². The lowest BCUT2D eigenvalue weighted by atomic mass is 9.71. The number of hydrogen-bond donors (Lipinski definition) is 4. The van der Waals surface area contributed by atoms with Gasteiger partial charge in [-0.25, -0.2) is 8.78 Å². The second kappa shape index (κ2) is 12.5. The molecule has 2 unspecified atom stereocenters. The number of amides is 2. The number of carbonyl (C=O) groups is 2. The maximum absolute atomic E-state index is 13.8. The predicted molar refractivity (Wildman–Crippen MR) is 156 cm³/mol. The Hall–Kier alpha value is -3.93. The fraction of sp³-hybridized carbons (Fsp3) is 0.387. The van der Waals surface area contributed by atoms with Crippen LogP contribution in [0.25, 0.3) is 10.9 Å². The summed E-state index contributed by atoms with van der Waals surface area (Å²) in [6.45, 7) is 2.33. The third-order valence-electron chi connectivity index (χ3n) is 7.88. The van der Waals surface area contributed by atoms with Gasteiger partial charge in [0, 0.05) is 49.4 Å². The highest BCUT2D eigenvalue weighted by atomic mass is 19.1. The minimum Gasteiger partial charge on any atom is -0.381 e. The number of aromatic amines is 1. The first-order valence-corrected chi connectivity index (χ1v) is 14.1. The smallest absolute Gasteiger partial charge is 0.251 e. The standard InChI is InChI=1S/C31H36F2N6O3/c1-39(2)10-9-35-29(40)21-5-8-31(30(34)41,27(17-21)36-24-6-11-42-12-7-24)28-25-16-19(3-4-26(25)37-38-28)13-20-14-22(32)18-23(33)15-20/h3-5,8,14-18,24,27,36H,6-7,9-13H2,1-2H3,(H2,34,41)(H,35,40)(H,37,38). The van der Waals surface area contributed by atoms with Crippen molar-refractivity contribution >= 4 is 22.7 Å². The molecule has 3 aromatic rings. The number of fused-ring (bicyclic) bond motifs is 1. The quantitative estimate of drug-likeness (QED) is 0.293. The Morgan fingerprint density at radius 3 is 2.55 bits per heavy atom. The molecule has 0 bridgehead atoms. The zero-order chi connectivity index (χ0) is 29.9. The Labute approximate surface area is 243 Å². The highest BCUT2D eigenvalue weighted by Gasteiger charge is 2.48. The van der Waals surface area contributed by atoms with Gasteiger partial charge in [-0.2, -0.15) is 5.10 Å². The van der Waals surface area contributed by atoms with Gasteiger partial charge in [0.15, 0.2) is 0 Å². The van der Waals surface area contributed by atoms with Gasteiger partial charge in [-0.3, -0.25) is 14.7 Å². The molecule has 0 saturated carbocycles. The molecule has 9 nitrogen and oxygen atoms in total. The first kappa shape index (κ1) is 29.6. The van der Waals surface area contributed by atoms with Gasteiger partial charge in [-0.15, -0.1) is 0 Å². The van der Waals surface area contributed by atoms with E-state index in [0.29, 0.717) is 54.0 Å². The van der Waals surface area contributed by atoms with E-state index in [4.69, 9.17) is 10.5 Å². The van der Waals surface area contributed by atoms with Crippen molar-refractivity contribution in [3.63, 3.8) is 0 Å². The van der Waals surface area contributed by atoms with E-state index in [1.54, 1.807) is 24.3 Å². The van der Waals surface area contributed by atoms with E-state index in [1.807, 2.05) is 31.1 Å². The number of aromatic nitrogens is 2. The van der Waals surface area contributed by atoms with Gasteiger partial charge >= 0.3 is 0 Å². The fourth-order valence-corrected chi connectivity index (χ4v) is 5.66. The van der Waals surface area contributed by atoms with E-state index in [2.05, 4.69) is 20.8 Å². The second-order valence-corrected chi connectivity index (χ2v) is 11.2. The van der Waals surface area contributed by atoms with Crippen LogP contribution in [0.3, 0.4) is 0 Å². The molecule has 1 fully saturated rings. The van der Waals surface area contributed by atoms with Crippen LogP contribution < -0.4 is 16.4 Å². The van der Waals surface area contributed by atoms with Crippen molar-refractivity contribution < 1.29 is 23.1 Å². The normalized spacial score (nSPS) is 21.1. The van der Waals surface area contributed by atoms with Gasteiger partial charge in [-0.1, -0.05) is 24.3 Å².